The summed E-state index contributed by atoms with van der Waals surface area (Å²) in [5.41, 5.74) is -4.02. The molecular weight excluding hydrogens is 660 g/mol. The Morgan fingerprint density at radius 1 is 1.03 bits per heavy atom. The summed E-state index contributed by atoms with van der Waals surface area (Å²) in [5, 5.41) is 2.41. The number of hydrogen-bond donors (Lipinski definition) is 2. The van der Waals surface area contributed by atoms with E-state index in [1.165, 1.54) is 12.1 Å². The second-order valence-corrected chi connectivity index (χ2v) is 12.2. The van der Waals surface area contributed by atoms with Crippen LogP contribution in [0, 0.1) is 10.5 Å². The molecule has 2 aromatic rings. The molecule has 2 amide bonds. The number of hydrogen-bond acceptors (Lipinski definition) is 4. The minimum atomic E-state index is -6.26. The van der Waals surface area contributed by atoms with Crippen LogP contribution in [0.3, 0.4) is 0 Å². The van der Waals surface area contributed by atoms with Crippen molar-refractivity contribution in [3.05, 3.63) is 62.2 Å². The number of benzene rings is 2. The predicted molar refractivity (Wildman–Crippen MR) is 136 cm³/mol. The second-order valence-electron chi connectivity index (χ2n) is 8.89. The standard InChI is InChI=1S/C22H21F7INO3S.CH3NO/c1-12-10-13(20(23,21(24,25)26)22(27,28)29)8-9-16(12)31-18(32)14-6-5-7-15(30)17(14)19(2,3)11-35(4,33)34;2-1-3/h5-10H,11H2,1-4H3,(H,31,32);1H,(H2,2,3). The van der Waals surface area contributed by atoms with Gasteiger partial charge in [0.05, 0.1) is 5.75 Å². The minimum absolute atomic E-state index is 0.0689. The van der Waals surface area contributed by atoms with Crippen LogP contribution in [0.2, 0.25) is 0 Å². The van der Waals surface area contributed by atoms with Gasteiger partial charge in [-0.2, -0.15) is 26.3 Å². The molecule has 0 aliphatic carbocycles. The predicted octanol–water partition coefficient (Wildman–Crippen LogP) is 5.57. The zero-order valence-corrected chi connectivity index (χ0v) is 23.4. The molecule has 0 spiro atoms. The van der Waals surface area contributed by atoms with Gasteiger partial charge in [-0.25, -0.2) is 12.8 Å². The highest BCUT2D eigenvalue weighted by Crippen LogP contribution is 2.53. The molecule has 6 nitrogen and oxygen atoms in total. The van der Waals surface area contributed by atoms with Crippen molar-refractivity contribution in [1.29, 1.82) is 0 Å². The van der Waals surface area contributed by atoms with Gasteiger partial charge in [-0.15, -0.1) is 0 Å². The van der Waals surface area contributed by atoms with Crippen LogP contribution in [0.5, 0.6) is 0 Å². The lowest BCUT2D eigenvalue weighted by molar-refractivity contribution is -0.348. The average molecular weight is 684 g/mol. The molecule has 0 aromatic heterocycles. The number of anilines is 1. The second kappa shape index (κ2) is 11.8. The Labute approximate surface area is 228 Å². The Kier molecular flexibility index (Phi) is 10.4. The number of carbonyl (C=O) groups excluding carboxylic acids is 2. The molecule has 0 saturated carbocycles. The van der Waals surface area contributed by atoms with Crippen LogP contribution in [-0.2, 0) is 25.7 Å². The van der Waals surface area contributed by atoms with Crippen LogP contribution in [0.1, 0.15) is 40.9 Å². The monoisotopic (exact) mass is 684 g/mol. The number of carbonyl (C=O) groups is 2. The van der Waals surface area contributed by atoms with E-state index in [0.717, 1.165) is 19.2 Å². The van der Waals surface area contributed by atoms with Gasteiger partial charge in [-0.3, -0.25) is 9.59 Å². The molecule has 15 heteroatoms. The van der Waals surface area contributed by atoms with Crippen LogP contribution >= 0.6 is 22.6 Å². The normalized spacial score (nSPS) is 12.8. The number of amides is 2. The molecular formula is C23H24F7IN2O4S. The summed E-state index contributed by atoms with van der Waals surface area (Å²) in [5.74, 6) is -1.06. The molecule has 0 heterocycles. The van der Waals surface area contributed by atoms with E-state index in [9.17, 15) is 43.9 Å². The lowest BCUT2D eigenvalue weighted by Gasteiger charge is -2.30. The average Bonchev–Trinajstić information content (AvgIpc) is 2.71. The maximum Gasteiger partial charge on any atom is 0.435 e. The van der Waals surface area contributed by atoms with E-state index in [1.54, 1.807) is 19.9 Å². The third-order valence-electron chi connectivity index (χ3n) is 5.21. The van der Waals surface area contributed by atoms with Crippen LogP contribution in [0.25, 0.3) is 0 Å². The maximum atomic E-state index is 14.4. The third-order valence-corrected chi connectivity index (χ3v) is 7.36. The first-order valence-corrected chi connectivity index (χ1v) is 13.5. The largest absolute Gasteiger partial charge is 0.435 e. The molecule has 2 aromatic carbocycles. The molecule has 0 bridgehead atoms. The lowest BCUT2D eigenvalue weighted by atomic mass is 9.83. The van der Waals surface area contributed by atoms with Crippen molar-refractivity contribution < 1.29 is 48.7 Å². The van der Waals surface area contributed by atoms with Gasteiger partial charge in [0.2, 0.25) is 6.41 Å². The van der Waals surface area contributed by atoms with Crippen molar-refractivity contribution in [2.45, 2.75) is 44.2 Å². The molecule has 212 valence electrons. The van der Waals surface area contributed by atoms with E-state index in [2.05, 4.69) is 11.1 Å². The summed E-state index contributed by atoms with van der Waals surface area (Å²) in [6.07, 6.45) is -11.2. The van der Waals surface area contributed by atoms with Crippen LogP contribution in [0.15, 0.2) is 36.4 Å². The van der Waals surface area contributed by atoms with Gasteiger partial charge in [0.15, 0.2) is 0 Å². The number of rotatable bonds is 6. The Morgan fingerprint density at radius 2 is 1.53 bits per heavy atom. The topological polar surface area (TPSA) is 106 Å². The Morgan fingerprint density at radius 3 is 1.95 bits per heavy atom. The molecule has 0 aliphatic heterocycles. The number of aryl methyl sites for hydroxylation is 1. The van der Waals surface area contributed by atoms with Gasteiger partial charge in [0.25, 0.3) is 5.91 Å². The summed E-state index contributed by atoms with van der Waals surface area (Å²) in [6.45, 7) is 4.37. The highest BCUT2D eigenvalue weighted by molar-refractivity contribution is 14.1. The molecule has 0 radical (unpaired) electrons. The Hall–Kier alpha value is -2.43. The van der Waals surface area contributed by atoms with E-state index < -0.39 is 44.7 Å². The van der Waals surface area contributed by atoms with Gasteiger partial charge in [0, 0.05) is 32.1 Å². The number of sulfone groups is 1. The number of alkyl halides is 7. The highest BCUT2D eigenvalue weighted by atomic mass is 127. The zero-order valence-electron chi connectivity index (χ0n) is 20.4. The maximum absolute atomic E-state index is 14.4. The van der Waals surface area contributed by atoms with Crippen molar-refractivity contribution in [2.24, 2.45) is 5.73 Å². The van der Waals surface area contributed by atoms with Crippen LogP contribution < -0.4 is 11.1 Å². The molecule has 0 saturated heterocycles. The fourth-order valence-corrected chi connectivity index (χ4v) is 6.51. The van der Waals surface area contributed by atoms with Crippen molar-refractivity contribution in [2.75, 3.05) is 17.3 Å². The fraction of sp³-hybridized carbons (Fsp3) is 0.391. The van der Waals surface area contributed by atoms with Crippen molar-refractivity contribution in [1.82, 2.24) is 0 Å². The van der Waals surface area contributed by atoms with Crippen molar-refractivity contribution in [3.63, 3.8) is 0 Å². The molecule has 0 aliphatic rings. The first-order valence-electron chi connectivity index (χ1n) is 10.4. The summed E-state index contributed by atoms with van der Waals surface area (Å²) >= 11 is 1.93. The van der Waals surface area contributed by atoms with E-state index in [1.807, 2.05) is 22.6 Å². The van der Waals surface area contributed by atoms with E-state index in [0.29, 0.717) is 21.3 Å². The molecule has 38 heavy (non-hydrogen) atoms. The van der Waals surface area contributed by atoms with E-state index in [4.69, 9.17) is 4.79 Å². The molecule has 3 N–H and O–H groups in total. The summed E-state index contributed by atoms with van der Waals surface area (Å²) in [4.78, 5) is 21.6. The number of halogens is 8. The smallest absolute Gasteiger partial charge is 0.372 e. The number of nitrogens with one attached hydrogen (secondary N) is 1. The SMILES string of the molecule is Cc1cc(C(F)(C(F)(F)F)C(F)(F)F)ccc1NC(=O)c1cccc(I)c1C(C)(C)CS(C)(=O)=O.NC=O. The van der Waals surface area contributed by atoms with Gasteiger partial charge in [-0.05, 0) is 58.8 Å². The molecule has 0 atom stereocenters. The molecule has 0 unspecified atom stereocenters. The van der Waals surface area contributed by atoms with Crippen molar-refractivity contribution >= 4 is 50.4 Å². The first kappa shape index (κ1) is 33.6. The molecule has 2 rings (SSSR count). The quantitative estimate of drug-likeness (QED) is 0.236. The van der Waals surface area contributed by atoms with Gasteiger partial charge in [-0.1, -0.05) is 32.0 Å². The zero-order chi connectivity index (χ0) is 29.9. The van der Waals surface area contributed by atoms with Crippen molar-refractivity contribution in [3.8, 4) is 0 Å². The Bertz CT molecular complexity index is 1280. The van der Waals surface area contributed by atoms with E-state index >= 15 is 0 Å². The Balaban J connectivity index is 0.00000229. The lowest BCUT2D eigenvalue weighted by Crippen LogP contribution is -2.50. The summed E-state index contributed by atoms with van der Waals surface area (Å²) in [7, 11) is -3.45. The molecule has 0 fully saturated rings. The third kappa shape index (κ3) is 7.57. The van der Waals surface area contributed by atoms with Gasteiger partial charge < -0.3 is 11.1 Å². The number of nitrogens with two attached hydrogens (primary N) is 1. The van der Waals surface area contributed by atoms with Crippen LogP contribution in [-0.4, -0.2) is 45.1 Å². The highest BCUT2D eigenvalue weighted by Gasteiger charge is 2.73. The fourth-order valence-electron chi connectivity index (χ4n) is 3.82. The van der Waals surface area contributed by atoms with Gasteiger partial charge in [0.1, 0.15) is 9.84 Å². The summed E-state index contributed by atoms with van der Waals surface area (Å²) < 4.78 is 117. The van der Waals surface area contributed by atoms with Gasteiger partial charge >= 0.3 is 18.0 Å². The number of primary amides is 1. The van der Waals surface area contributed by atoms with E-state index in [-0.39, 0.29) is 29.0 Å². The first-order chi connectivity index (χ1) is 17.0. The van der Waals surface area contributed by atoms with Crippen LogP contribution in [0.4, 0.5) is 36.4 Å². The minimum Gasteiger partial charge on any atom is -0.372 e. The summed E-state index contributed by atoms with van der Waals surface area (Å²) in [6, 6.07) is 6.05.